The van der Waals surface area contributed by atoms with Gasteiger partial charge < -0.3 is 4.74 Å². The summed E-state index contributed by atoms with van der Waals surface area (Å²) >= 11 is 0. The number of likely N-dealkylation sites (tertiary alicyclic amines) is 1. The van der Waals surface area contributed by atoms with E-state index in [2.05, 4.69) is 9.64 Å². The van der Waals surface area contributed by atoms with Gasteiger partial charge in [-0.1, -0.05) is 0 Å². The summed E-state index contributed by atoms with van der Waals surface area (Å²) in [6.45, 7) is 2.29. The maximum Gasteiger partial charge on any atom is 0.293 e. The molecule has 1 aliphatic rings. The van der Waals surface area contributed by atoms with Crippen molar-refractivity contribution in [3.63, 3.8) is 0 Å². The lowest BCUT2D eigenvalue weighted by Crippen LogP contribution is -2.49. The maximum absolute atomic E-state index is 9.67. The van der Waals surface area contributed by atoms with E-state index < -0.39 is 0 Å². The van der Waals surface area contributed by atoms with Gasteiger partial charge in [0.15, 0.2) is 0 Å². The van der Waals surface area contributed by atoms with Crippen molar-refractivity contribution in [2.24, 2.45) is 0 Å². The molecule has 0 saturated carbocycles. The Hall–Kier alpha value is -0.570. The third-order valence-corrected chi connectivity index (χ3v) is 1.28. The van der Waals surface area contributed by atoms with Crippen LogP contribution in [0.4, 0.5) is 0 Å². The molecule has 0 amide bonds. The van der Waals surface area contributed by atoms with Crippen molar-refractivity contribution in [3.8, 4) is 0 Å². The molecule has 8 heavy (non-hydrogen) atoms. The highest BCUT2D eigenvalue weighted by Gasteiger charge is 2.23. The summed E-state index contributed by atoms with van der Waals surface area (Å²) in [6.07, 6.45) is 0.164. The molecule has 0 bridgehead atoms. The lowest BCUT2D eigenvalue weighted by Gasteiger charge is -2.33. The highest BCUT2D eigenvalue weighted by atomic mass is 16.5. The third kappa shape index (κ3) is 0.980. The second-order valence-electron chi connectivity index (χ2n) is 2.08. The van der Waals surface area contributed by atoms with Gasteiger partial charge in [-0.05, 0) is 7.05 Å². The van der Waals surface area contributed by atoms with E-state index in [1.54, 1.807) is 0 Å². The topological polar surface area (TPSA) is 29.5 Å². The molecular formula is C5H9NO2. The van der Waals surface area contributed by atoms with E-state index in [-0.39, 0.29) is 6.10 Å². The number of carbonyl (C=O) groups is 1. The Morgan fingerprint density at radius 3 is 2.75 bits per heavy atom. The first-order valence-electron chi connectivity index (χ1n) is 2.60. The van der Waals surface area contributed by atoms with Gasteiger partial charge in [-0.2, -0.15) is 0 Å². The van der Waals surface area contributed by atoms with Crippen molar-refractivity contribution in [1.82, 2.24) is 4.90 Å². The Kier molecular flexibility index (Phi) is 1.48. The summed E-state index contributed by atoms with van der Waals surface area (Å²) < 4.78 is 4.63. The maximum atomic E-state index is 9.67. The predicted molar refractivity (Wildman–Crippen MR) is 28.4 cm³/mol. The van der Waals surface area contributed by atoms with Gasteiger partial charge in [-0.15, -0.1) is 0 Å². The van der Waals surface area contributed by atoms with Crippen molar-refractivity contribution in [1.29, 1.82) is 0 Å². The van der Waals surface area contributed by atoms with Crippen LogP contribution in [-0.4, -0.2) is 37.6 Å². The summed E-state index contributed by atoms with van der Waals surface area (Å²) in [5, 5.41) is 0. The van der Waals surface area contributed by atoms with Gasteiger partial charge >= 0.3 is 0 Å². The molecule has 0 atom stereocenters. The molecule has 0 radical (unpaired) electrons. The monoisotopic (exact) mass is 115 g/mol. The van der Waals surface area contributed by atoms with E-state index in [1.807, 2.05) is 7.05 Å². The highest BCUT2D eigenvalue weighted by molar-refractivity contribution is 5.37. The van der Waals surface area contributed by atoms with Crippen LogP contribution in [-0.2, 0) is 9.53 Å². The minimum absolute atomic E-state index is 0.164. The lowest BCUT2D eigenvalue weighted by atomic mass is 10.2. The molecule has 0 aromatic rings. The van der Waals surface area contributed by atoms with Crippen molar-refractivity contribution in [2.45, 2.75) is 6.10 Å². The molecule has 0 aromatic carbocycles. The smallest absolute Gasteiger partial charge is 0.293 e. The number of carbonyl (C=O) groups excluding carboxylic acids is 1. The largest absolute Gasteiger partial charge is 0.462 e. The normalized spacial score (nSPS) is 22.1. The molecule has 1 rings (SSSR count). The van der Waals surface area contributed by atoms with Crippen molar-refractivity contribution in [3.05, 3.63) is 0 Å². The predicted octanol–water partition coefficient (Wildman–Crippen LogP) is -0.527. The molecule has 1 saturated heterocycles. The van der Waals surface area contributed by atoms with Gasteiger partial charge in [0.2, 0.25) is 0 Å². The second kappa shape index (κ2) is 2.13. The number of nitrogens with zero attached hydrogens (tertiary/aromatic N) is 1. The van der Waals surface area contributed by atoms with E-state index >= 15 is 0 Å². The summed E-state index contributed by atoms with van der Waals surface area (Å²) in [4.78, 5) is 11.8. The van der Waals surface area contributed by atoms with Gasteiger partial charge in [0, 0.05) is 13.1 Å². The molecule has 0 aromatic heterocycles. The Balaban J connectivity index is 2.06. The van der Waals surface area contributed by atoms with Gasteiger partial charge in [0.05, 0.1) is 0 Å². The molecule has 0 N–H and O–H groups in total. The Morgan fingerprint density at radius 2 is 2.38 bits per heavy atom. The minimum Gasteiger partial charge on any atom is -0.462 e. The molecule has 1 fully saturated rings. The second-order valence-corrected chi connectivity index (χ2v) is 2.08. The average Bonchev–Trinajstić information content (AvgIpc) is 1.64. The minimum atomic E-state index is 0.164. The average molecular weight is 115 g/mol. The molecule has 3 heteroatoms. The van der Waals surface area contributed by atoms with Crippen molar-refractivity contribution in [2.75, 3.05) is 20.1 Å². The fourth-order valence-corrected chi connectivity index (χ4v) is 0.806. The number of rotatable bonds is 2. The van der Waals surface area contributed by atoms with Crippen molar-refractivity contribution < 1.29 is 9.53 Å². The first-order chi connectivity index (χ1) is 3.83. The first kappa shape index (κ1) is 5.56. The number of hydrogen-bond donors (Lipinski definition) is 0. The summed E-state index contributed by atoms with van der Waals surface area (Å²) in [5.41, 5.74) is 0. The van der Waals surface area contributed by atoms with Crippen LogP contribution in [0.3, 0.4) is 0 Å². The van der Waals surface area contributed by atoms with E-state index in [0.29, 0.717) is 6.47 Å². The van der Waals surface area contributed by atoms with E-state index in [1.165, 1.54) is 0 Å². The summed E-state index contributed by atoms with van der Waals surface area (Å²) in [5.74, 6) is 0. The van der Waals surface area contributed by atoms with Crippen LogP contribution in [0.5, 0.6) is 0 Å². The molecule has 0 unspecified atom stereocenters. The van der Waals surface area contributed by atoms with Crippen LogP contribution in [0.1, 0.15) is 0 Å². The SMILES string of the molecule is CN1CC(OC=O)C1. The molecule has 0 aliphatic carbocycles. The van der Waals surface area contributed by atoms with Crippen molar-refractivity contribution >= 4 is 6.47 Å². The molecule has 1 aliphatic heterocycles. The van der Waals surface area contributed by atoms with Gasteiger partial charge in [0.25, 0.3) is 6.47 Å². The molecule has 0 spiro atoms. The third-order valence-electron chi connectivity index (χ3n) is 1.28. The molecular weight excluding hydrogens is 106 g/mol. The van der Waals surface area contributed by atoms with Crippen LogP contribution in [0.2, 0.25) is 0 Å². The lowest BCUT2D eigenvalue weighted by molar-refractivity contribution is -0.140. The standard InChI is InChI=1S/C5H9NO2/c1-6-2-5(3-6)8-4-7/h4-5H,2-3H2,1H3. The quantitative estimate of drug-likeness (QED) is 0.453. The Labute approximate surface area is 48.2 Å². The first-order valence-corrected chi connectivity index (χ1v) is 2.60. The zero-order chi connectivity index (χ0) is 5.98. The van der Waals surface area contributed by atoms with E-state index in [0.717, 1.165) is 13.1 Å². The number of hydrogen-bond acceptors (Lipinski definition) is 3. The van der Waals surface area contributed by atoms with Gasteiger partial charge in [-0.25, -0.2) is 0 Å². The number of ether oxygens (including phenoxy) is 1. The fourth-order valence-electron chi connectivity index (χ4n) is 0.806. The molecule has 3 nitrogen and oxygen atoms in total. The number of likely N-dealkylation sites (N-methyl/N-ethyl adjacent to an activating group) is 1. The molecule has 46 valence electrons. The van der Waals surface area contributed by atoms with E-state index in [4.69, 9.17) is 0 Å². The Bertz CT molecular complexity index is 88.4. The van der Waals surface area contributed by atoms with Crippen LogP contribution in [0.15, 0.2) is 0 Å². The van der Waals surface area contributed by atoms with Crippen LogP contribution >= 0.6 is 0 Å². The van der Waals surface area contributed by atoms with Crippen LogP contribution in [0.25, 0.3) is 0 Å². The fraction of sp³-hybridized carbons (Fsp3) is 0.800. The van der Waals surface area contributed by atoms with E-state index in [9.17, 15) is 4.79 Å². The summed E-state index contributed by atoms with van der Waals surface area (Å²) in [7, 11) is 1.99. The summed E-state index contributed by atoms with van der Waals surface area (Å²) in [6, 6.07) is 0. The Morgan fingerprint density at radius 1 is 1.75 bits per heavy atom. The van der Waals surface area contributed by atoms with Gasteiger partial charge in [-0.3, -0.25) is 9.69 Å². The molecule has 1 heterocycles. The van der Waals surface area contributed by atoms with Gasteiger partial charge in [0.1, 0.15) is 6.10 Å². The highest BCUT2D eigenvalue weighted by Crippen LogP contribution is 2.05. The van der Waals surface area contributed by atoms with Crippen LogP contribution in [0, 0.1) is 0 Å². The zero-order valence-corrected chi connectivity index (χ0v) is 4.83. The van der Waals surface area contributed by atoms with Crippen LogP contribution < -0.4 is 0 Å². The zero-order valence-electron chi connectivity index (χ0n) is 4.83.